The minimum Gasteiger partial charge on any atom is -0.513 e. The summed E-state index contributed by atoms with van der Waals surface area (Å²) in [6.07, 6.45) is 8.64. The maximum absolute atomic E-state index is 9.21. The molecule has 0 aromatic carbocycles. The number of aliphatic hydroxyl groups excluding tert-OH is 1. The summed E-state index contributed by atoms with van der Waals surface area (Å²) in [7, 11) is 0. The lowest BCUT2D eigenvalue weighted by molar-refractivity contribution is 0.378. The zero-order valence-corrected chi connectivity index (χ0v) is 7.77. The number of allylic oxidation sites excluding steroid dienone is 2. The van der Waals surface area contributed by atoms with Gasteiger partial charge in [0.25, 0.3) is 0 Å². The van der Waals surface area contributed by atoms with Gasteiger partial charge in [0.05, 0.1) is 5.76 Å². The predicted molar refractivity (Wildman–Crippen MR) is 49.8 cm³/mol. The van der Waals surface area contributed by atoms with Crippen LogP contribution in [0, 0.1) is 0 Å². The number of hydrogen-bond donors (Lipinski definition) is 1. The smallest absolute Gasteiger partial charge is 0.0882 e. The number of rotatable bonds is 6. The molecule has 0 aliphatic carbocycles. The van der Waals surface area contributed by atoms with Crippen LogP contribution in [-0.4, -0.2) is 5.11 Å². The fourth-order valence-corrected chi connectivity index (χ4v) is 1.07. The molecule has 0 saturated carbocycles. The Kier molecular flexibility index (Phi) is 7.33. The average molecular weight is 156 g/mol. The molecule has 0 rings (SSSR count). The predicted octanol–water partition coefficient (Wildman–Crippen LogP) is 3.81. The highest BCUT2D eigenvalue weighted by Crippen LogP contribution is 2.07. The van der Waals surface area contributed by atoms with Crippen LogP contribution in [0.2, 0.25) is 0 Å². The summed E-state index contributed by atoms with van der Waals surface area (Å²) >= 11 is 0. The molecule has 0 aliphatic heterocycles. The molecule has 0 bridgehead atoms. The molecule has 0 radical (unpaired) electrons. The van der Waals surface area contributed by atoms with Crippen LogP contribution in [0.4, 0.5) is 0 Å². The van der Waals surface area contributed by atoms with Gasteiger partial charge in [-0.2, -0.15) is 0 Å². The van der Waals surface area contributed by atoms with E-state index in [0.717, 1.165) is 19.3 Å². The Morgan fingerprint density at radius 1 is 1.18 bits per heavy atom. The minimum atomic E-state index is 0.573. The van der Waals surface area contributed by atoms with Gasteiger partial charge in [0.2, 0.25) is 0 Å². The SMILES string of the molecule is CCC=C(O)CCCCCC. The zero-order valence-electron chi connectivity index (χ0n) is 7.77. The van der Waals surface area contributed by atoms with Crippen molar-refractivity contribution in [3.8, 4) is 0 Å². The van der Waals surface area contributed by atoms with Crippen LogP contribution in [0.15, 0.2) is 11.8 Å². The Labute approximate surface area is 70.1 Å². The van der Waals surface area contributed by atoms with Crippen LogP contribution in [0.25, 0.3) is 0 Å². The Balaban J connectivity index is 3.17. The maximum Gasteiger partial charge on any atom is 0.0882 e. The van der Waals surface area contributed by atoms with Crippen LogP contribution in [0.5, 0.6) is 0 Å². The van der Waals surface area contributed by atoms with Crippen molar-refractivity contribution in [1.29, 1.82) is 0 Å². The van der Waals surface area contributed by atoms with Crippen molar-refractivity contribution in [3.63, 3.8) is 0 Å². The highest BCUT2D eigenvalue weighted by Gasteiger charge is 1.91. The zero-order chi connectivity index (χ0) is 8.53. The molecule has 66 valence electrons. The number of hydrogen-bond acceptors (Lipinski definition) is 1. The first-order valence-corrected chi connectivity index (χ1v) is 4.69. The lowest BCUT2D eigenvalue weighted by Crippen LogP contribution is -1.82. The van der Waals surface area contributed by atoms with Crippen molar-refractivity contribution in [3.05, 3.63) is 11.8 Å². The van der Waals surface area contributed by atoms with E-state index in [2.05, 4.69) is 6.92 Å². The first-order valence-electron chi connectivity index (χ1n) is 4.69. The summed E-state index contributed by atoms with van der Waals surface area (Å²) in [5.41, 5.74) is 0. The van der Waals surface area contributed by atoms with Gasteiger partial charge in [0.1, 0.15) is 0 Å². The van der Waals surface area contributed by atoms with Gasteiger partial charge in [0.15, 0.2) is 0 Å². The molecule has 0 aliphatic rings. The topological polar surface area (TPSA) is 20.2 Å². The summed E-state index contributed by atoms with van der Waals surface area (Å²) in [6, 6.07) is 0. The Morgan fingerprint density at radius 3 is 2.45 bits per heavy atom. The van der Waals surface area contributed by atoms with Gasteiger partial charge in [-0.25, -0.2) is 0 Å². The van der Waals surface area contributed by atoms with Crippen LogP contribution < -0.4 is 0 Å². The summed E-state index contributed by atoms with van der Waals surface area (Å²) < 4.78 is 0. The first kappa shape index (κ1) is 10.5. The molecule has 0 saturated heterocycles. The molecular formula is C10H20O. The lowest BCUT2D eigenvalue weighted by atomic mass is 10.1. The maximum atomic E-state index is 9.21. The molecule has 0 aromatic rings. The molecule has 0 heterocycles. The van der Waals surface area contributed by atoms with E-state index in [1.807, 2.05) is 13.0 Å². The normalized spacial score (nSPS) is 12.0. The van der Waals surface area contributed by atoms with E-state index in [4.69, 9.17) is 0 Å². The van der Waals surface area contributed by atoms with Gasteiger partial charge in [0, 0.05) is 6.42 Å². The second-order valence-electron chi connectivity index (χ2n) is 2.91. The summed E-state index contributed by atoms with van der Waals surface area (Å²) in [4.78, 5) is 0. The van der Waals surface area contributed by atoms with Crippen molar-refractivity contribution in [1.82, 2.24) is 0 Å². The molecule has 0 amide bonds. The molecule has 0 atom stereocenters. The summed E-state index contributed by atoms with van der Waals surface area (Å²) in [5, 5.41) is 9.21. The molecule has 1 heteroatoms. The molecule has 0 fully saturated rings. The van der Waals surface area contributed by atoms with Crippen molar-refractivity contribution >= 4 is 0 Å². The fraction of sp³-hybridized carbons (Fsp3) is 0.800. The van der Waals surface area contributed by atoms with Crippen LogP contribution in [-0.2, 0) is 0 Å². The Bertz CT molecular complexity index is 105. The van der Waals surface area contributed by atoms with E-state index < -0.39 is 0 Å². The van der Waals surface area contributed by atoms with Crippen molar-refractivity contribution in [2.75, 3.05) is 0 Å². The third-order valence-electron chi connectivity index (χ3n) is 1.73. The van der Waals surface area contributed by atoms with Crippen molar-refractivity contribution in [2.24, 2.45) is 0 Å². The summed E-state index contributed by atoms with van der Waals surface area (Å²) in [6.45, 7) is 4.24. The van der Waals surface area contributed by atoms with Crippen LogP contribution in [0.1, 0.15) is 52.4 Å². The van der Waals surface area contributed by atoms with E-state index in [1.165, 1.54) is 19.3 Å². The quantitative estimate of drug-likeness (QED) is 0.458. The summed E-state index contributed by atoms with van der Waals surface area (Å²) in [5.74, 6) is 0.573. The number of aliphatic hydroxyl groups is 1. The van der Waals surface area contributed by atoms with E-state index in [-0.39, 0.29) is 0 Å². The van der Waals surface area contributed by atoms with Crippen molar-refractivity contribution < 1.29 is 5.11 Å². The molecule has 0 spiro atoms. The molecule has 0 unspecified atom stereocenters. The molecule has 1 nitrogen and oxygen atoms in total. The lowest BCUT2D eigenvalue weighted by Gasteiger charge is -1.98. The van der Waals surface area contributed by atoms with Gasteiger partial charge >= 0.3 is 0 Å². The van der Waals surface area contributed by atoms with Gasteiger partial charge in [-0.3, -0.25) is 0 Å². The van der Waals surface area contributed by atoms with E-state index in [1.54, 1.807) is 0 Å². The fourth-order valence-electron chi connectivity index (χ4n) is 1.07. The van der Waals surface area contributed by atoms with E-state index >= 15 is 0 Å². The molecular weight excluding hydrogens is 136 g/mol. The number of unbranched alkanes of at least 4 members (excludes halogenated alkanes) is 3. The average Bonchev–Trinajstić information content (AvgIpc) is 1.99. The van der Waals surface area contributed by atoms with Crippen LogP contribution >= 0.6 is 0 Å². The largest absolute Gasteiger partial charge is 0.513 e. The first-order chi connectivity index (χ1) is 5.31. The third-order valence-corrected chi connectivity index (χ3v) is 1.73. The van der Waals surface area contributed by atoms with E-state index in [9.17, 15) is 5.11 Å². The molecule has 0 aromatic heterocycles. The highest BCUT2D eigenvalue weighted by atomic mass is 16.3. The minimum absolute atomic E-state index is 0.573. The van der Waals surface area contributed by atoms with Gasteiger partial charge in [-0.15, -0.1) is 0 Å². The van der Waals surface area contributed by atoms with Crippen molar-refractivity contribution in [2.45, 2.75) is 52.4 Å². The molecule has 1 N–H and O–H groups in total. The monoisotopic (exact) mass is 156 g/mol. The van der Waals surface area contributed by atoms with Crippen LogP contribution in [0.3, 0.4) is 0 Å². The highest BCUT2D eigenvalue weighted by molar-refractivity contribution is 4.89. The van der Waals surface area contributed by atoms with Gasteiger partial charge < -0.3 is 5.11 Å². The Morgan fingerprint density at radius 2 is 1.91 bits per heavy atom. The Hall–Kier alpha value is -0.460. The van der Waals surface area contributed by atoms with E-state index in [0.29, 0.717) is 5.76 Å². The van der Waals surface area contributed by atoms with Gasteiger partial charge in [-0.05, 0) is 18.9 Å². The van der Waals surface area contributed by atoms with Gasteiger partial charge in [-0.1, -0.05) is 33.1 Å². The molecule has 11 heavy (non-hydrogen) atoms. The second-order valence-corrected chi connectivity index (χ2v) is 2.91. The second kappa shape index (κ2) is 7.64. The third kappa shape index (κ3) is 7.44. The standard InChI is InChI=1S/C10H20O/c1-3-5-6-7-9-10(11)8-4-2/h8,11H,3-7,9H2,1-2H3.